The van der Waals surface area contributed by atoms with E-state index >= 15 is 0 Å². The topological polar surface area (TPSA) is 46.2 Å². The summed E-state index contributed by atoms with van der Waals surface area (Å²) in [5.41, 5.74) is 2.71. The first-order valence-corrected chi connectivity index (χ1v) is 7.96. The molecule has 1 aliphatic heterocycles. The molecule has 1 heterocycles. The van der Waals surface area contributed by atoms with Crippen LogP contribution in [0.1, 0.15) is 29.2 Å². The van der Waals surface area contributed by atoms with Crippen LogP contribution in [0.15, 0.2) is 54.6 Å². The molecule has 1 aliphatic rings. The summed E-state index contributed by atoms with van der Waals surface area (Å²) in [7, 11) is 0. The summed E-state index contributed by atoms with van der Waals surface area (Å²) >= 11 is 5.46. The van der Waals surface area contributed by atoms with Gasteiger partial charge in [0.15, 0.2) is 5.78 Å². The highest BCUT2D eigenvalue weighted by molar-refractivity contribution is 7.81. The van der Waals surface area contributed by atoms with Gasteiger partial charge in [-0.15, -0.1) is 0 Å². The van der Waals surface area contributed by atoms with Gasteiger partial charge in [-0.05, 0) is 23.6 Å². The fourth-order valence-corrected chi connectivity index (χ4v) is 3.40. The van der Waals surface area contributed by atoms with Crippen LogP contribution in [0.5, 0.6) is 0 Å². The number of Topliss-reactive ketones (excluding diaryl/α,β-unsaturated/α-hetero) is 1. The third kappa shape index (κ3) is 3.08. The minimum Gasteiger partial charge on any atom is -0.348 e. The van der Waals surface area contributed by atoms with Crippen LogP contribution in [0.25, 0.3) is 0 Å². The van der Waals surface area contributed by atoms with E-state index in [1.165, 1.54) is 0 Å². The van der Waals surface area contributed by atoms with E-state index < -0.39 is 5.92 Å². The summed E-state index contributed by atoms with van der Waals surface area (Å²) in [5.74, 6) is -1.29. The Kier molecular flexibility index (Phi) is 4.35. The van der Waals surface area contributed by atoms with Gasteiger partial charge in [-0.25, -0.2) is 0 Å². The van der Waals surface area contributed by atoms with Crippen molar-refractivity contribution in [2.75, 3.05) is 0 Å². The Morgan fingerprint density at radius 3 is 2.35 bits per heavy atom. The molecule has 0 aliphatic carbocycles. The van der Waals surface area contributed by atoms with Gasteiger partial charge in [-0.2, -0.15) is 0 Å². The highest BCUT2D eigenvalue weighted by Crippen LogP contribution is 2.27. The van der Waals surface area contributed by atoms with Gasteiger partial charge < -0.3 is 5.32 Å². The molecule has 0 saturated carbocycles. The molecule has 4 heteroatoms. The lowest BCUT2D eigenvalue weighted by atomic mass is 9.84. The molecule has 2 aromatic carbocycles. The van der Waals surface area contributed by atoms with E-state index in [4.69, 9.17) is 12.2 Å². The number of piperidine rings is 1. The number of aryl methyl sites for hydroxylation is 1. The molecule has 3 rings (SSSR count). The molecule has 0 bridgehead atoms. The lowest BCUT2D eigenvalue weighted by molar-refractivity contribution is -0.135. The average Bonchev–Trinajstić information content (AvgIpc) is 2.55. The smallest absolute Gasteiger partial charge is 0.236 e. The molecule has 116 valence electrons. The summed E-state index contributed by atoms with van der Waals surface area (Å²) in [6.45, 7) is 1.93. The Morgan fingerprint density at radius 1 is 1.04 bits per heavy atom. The first-order chi connectivity index (χ1) is 11.1. The first-order valence-electron chi connectivity index (χ1n) is 7.56. The number of thiocarbonyl (C=S) groups is 1. The third-order valence-corrected chi connectivity index (χ3v) is 4.64. The second kappa shape index (κ2) is 6.42. The Hall–Kier alpha value is -2.33. The van der Waals surface area contributed by atoms with Crippen molar-refractivity contribution in [2.24, 2.45) is 5.92 Å². The Morgan fingerprint density at radius 2 is 1.70 bits per heavy atom. The lowest BCUT2D eigenvalue weighted by Gasteiger charge is -2.29. The molecule has 1 fully saturated rings. The third-order valence-electron chi connectivity index (χ3n) is 4.18. The predicted molar refractivity (Wildman–Crippen MR) is 93.3 cm³/mol. The van der Waals surface area contributed by atoms with E-state index in [1.54, 1.807) is 0 Å². The van der Waals surface area contributed by atoms with E-state index in [0.29, 0.717) is 4.86 Å². The largest absolute Gasteiger partial charge is 0.348 e. The summed E-state index contributed by atoms with van der Waals surface area (Å²) in [4.78, 5) is 25.5. The molecule has 0 spiro atoms. The fraction of sp³-hybridized carbons (Fsp3) is 0.211. The average molecular weight is 323 g/mol. The van der Waals surface area contributed by atoms with Crippen molar-refractivity contribution < 1.29 is 9.59 Å². The molecule has 2 aromatic rings. The van der Waals surface area contributed by atoms with Gasteiger partial charge >= 0.3 is 0 Å². The minimum absolute atomic E-state index is 0.115. The number of rotatable bonds is 3. The lowest BCUT2D eigenvalue weighted by Crippen LogP contribution is -2.47. The Balaban J connectivity index is 1.84. The molecule has 3 nitrogen and oxygen atoms in total. The molecular formula is C19H17NO2S. The molecule has 23 heavy (non-hydrogen) atoms. The van der Waals surface area contributed by atoms with Crippen molar-refractivity contribution >= 4 is 28.8 Å². The van der Waals surface area contributed by atoms with Crippen LogP contribution in [-0.4, -0.2) is 16.6 Å². The minimum atomic E-state index is -0.869. The van der Waals surface area contributed by atoms with Crippen molar-refractivity contribution in [3.8, 4) is 0 Å². The van der Waals surface area contributed by atoms with Crippen LogP contribution < -0.4 is 5.32 Å². The normalized spacial score (nSPS) is 20.9. The maximum Gasteiger partial charge on any atom is 0.236 e. The molecule has 2 unspecified atom stereocenters. The fourth-order valence-electron chi connectivity index (χ4n) is 2.93. The first kappa shape index (κ1) is 15.6. The zero-order chi connectivity index (χ0) is 16.4. The van der Waals surface area contributed by atoms with Gasteiger partial charge in [0.1, 0.15) is 5.92 Å². The number of ketones is 1. The number of carbonyl (C=O) groups is 2. The standard InChI is InChI=1S/C19H17NO2S/c1-12-7-5-6-10-14(12)18(23)17-16(21)11-15(20-19(17)22)13-8-3-2-4-9-13/h2-10,15,17H,11H2,1H3,(H,20,22). The highest BCUT2D eigenvalue weighted by atomic mass is 32.1. The quantitative estimate of drug-likeness (QED) is 0.536. The Bertz CT molecular complexity index is 752. The molecule has 2 atom stereocenters. The zero-order valence-electron chi connectivity index (χ0n) is 12.8. The Labute approximate surface area is 140 Å². The molecule has 1 amide bonds. The molecule has 0 radical (unpaired) electrons. The maximum atomic E-state index is 12.6. The molecule has 1 saturated heterocycles. The second-order valence-electron chi connectivity index (χ2n) is 5.75. The van der Waals surface area contributed by atoms with E-state index in [0.717, 1.165) is 16.7 Å². The van der Waals surface area contributed by atoms with Crippen LogP contribution in [0, 0.1) is 12.8 Å². The number of nitrogens with one attached hydrogen (secondary N) is 1. The second-order valence-corrected chi connectivity index (χ2v) is 6.19. The number of hydrogen-bond donors (Lipinski definition) is 1. The van der Waals surface area contributed by atoms with Crippen molar-refractivity contribution in [3.63, 3.8) is 0 Å². The van der Waals surface area contributed by atoms with Crippen LogP contribution in [0.2, 0.25) is 0 Å². The summed E-state index contributed by atoms with van der Waals surface area (Å²) in [6.07, 6.45) is 0.270. The van der Waals surface area contributed by atoms with Gasteiger partial charge in [0.2, 0.25) is 5.91 Å². The summed E-state index contributed by atoms with van der Waals surface area (Å²) in [6, 6.07) is 16.8. The monoisotopic (exact) mass is 323 g/mol. The van der Waals surface area contributed by atoms with Gasteiger partial charge in [-0.3, -0.25) is 9.59 Å². The molecule has 1 N–H and O–H groups in total. The van der Waals surface area contributed by atoms with Crippen LogP contribution in [0.4, 0.5) is 0 Å². The van der Waals surface area contributed by atoms with Gasteiger partial charge in [-0.1, -0.05) is 66.8 Å². The summed E-state index contributed by atoms with van der Waals surface area (Å²) < 4.78 is 0. The van der Waals surface area contributed by atoms with Crippen molar-refractivity contribution in [1.29, 1.82) is 0 Å². The zero-order valence-corrected chi connectivity index (χ0v) is 13.6. The van der Waals surface area contributed by atoms with Crippen LogP contribution in [-0.2, 0) is 9.59 Å². The van der Waals surface area contributed by atoms with E-state index in [9.17, 15) is 9.59 Å². The van der Waals surface area contributed by atoms with Crippen molar-refractivity contribution in [3.05, 3.63) is 71.3 Å². The number of amides is 1. The SMILES string of the molecule is Cc1ccccc1C(=S)C1C(=O)CC(c2ccccc2)NC1=O. The van der Waals surface area contributed by atoms with Crippen molar-refractivity contribution in [1.82, 2.24) is 5.32 Å². The van der Waals surface area contributed by atoms with Crippen LogP contribution in [0.3, 0.4) is 0 Å². The highest BCUT2D eigenvalue weighted by Gasteiger charge is 2.38. The van der Waals surface area contributed by atoms with E-state index in [-0.39, 0.29) is 24.2 Å². The number of hydrogen-bond acceptors (Lipinski definition) is 3. The van der Waals surface area contributed by atoms with Gasteiger partial charge in [0, 0.05) is 11.3 Å². The summed E-state index contributed by atoms with van der Waals surface area (Å²) in [5, 5.41) is 2.94. The van der Waals surface area contributed by atoms with E-state index in [2.05, 4.69) is 5.32 Å². The number of carbonyl (C=O) groups excluding carboxylic acids is 2. The van der Waals surface area contributed by atoms with Crippen LogP contribution >= 0.6 is 12.2 Å². The molecule has 0 aromatic heterocycles. The van der Waals surface area contributed by atoms with Crippen molar-refractivity contribution in [2.45, 2.75) is 19.4 Å². The van der Waals surface area contributed by atoms with Gasteiger partial charge in [0.05, 0.1) is 6.04 Å². The van der Waals surface area contributed by atoms with E-state index in [1.807, 2.05) is 61.5 Å². The maximum absolute atomic E-state index is 12.6. The number of benzene rings is 2. The predicted octanol–water partition coefficient (Wildman–Crippen LogP) is 3.16. The van der Waals surface area contributed by atoms with Gasteiger partial charge in [0.25, 0.3) is 0 Å². The molecular weight excluding hydrogens is 306 g/mol.